The highest BCUT2D eigenvalue weighted by molar-refractivity contribution is 4.63. The van der Waals surface area contributed by atoms with E-state index in [9.17, 15) is 0 Å². The van der Waals surface area contributed by atoms with Crippen molar-refractivity contribution in [3.63, 3.8) is 0 Å². The van der Waals surface area contributed by atoms with Gasteiger partial charge in [-0.05, 0) is 25.7 Å². The standard InChI is InChI=1S/C7H14O/c1-6-3-4-8-7(2)5-6/h6-7H,3-5H2,1-2H3/t6-,7?/m0/s1. The zero-order valence-corrected chi connectivity index (χ0v) is 5.68. The Labute approximate surface area is 51.0 Å². The van der Waals surface area contributed by atoms with E-state index in [0.29, 0.717) is 6.10 Å². The van der Waals surface area contributed by atoms with Crippen LogP contribution in [0.5, 0.6) is 0 Å². The summed E-state index contributed by atoms with van der Waals surface area (Å²) in [5.74, 6) is 0.888. The quantitative estimate of drug-likeness (QED) is 0.466. The van der Waals surface area contributed by atoms with Gasteiger partial charge in [0.2, 0.25) is 0 Å². The summed E-state index contributed by atoms with van der Waals surface area (Å²) in [4.78, 5) is 0. The molecular formula is C7H14O. The van der Waals surface area contributed by atoms with Crippen molar-refractivity contribution >= 4 is 0 Å². The van der Waals surface area contributed by atoms with Gasteiger partial charge in [-0.3, -0.25) is 0 Å². The average Bonchev–Trinajstić information content (AvgIpc) is 1.64. The van der Waals surface area contributed by atoms with E-state index in [1.54, 1.807) is 0 Å². The summed E-state index contributed by atoms with van der Waals surface area (Å²) in [5.41, 5.74) is 0. The second-order valence-electron chi connectivity index (χ2n) is 2.81. The minimum absolute atomic E-state index is 0.513. The summed E-state index contributed by atoms with van der Waals surface area (Å²) in [5, 5.41) is 0. The van der Waals surface area contributed by atoms with Crippen LogP contribution < -0.4 is 0 Å². The molecule has 0 N–H and O–H groups in total. The Morgan fingerprint density at radius 2 is 2.12 bits per heavy atom. The van der Waals surface area contributed by atoms with E-state index in [1.807, 2.05) is 0 Å². The maximum Gasteiger partial charge on any atom is 0.0549 e. The molecule has 8 heavy (non-hydrogen) atoms. The highest BCUT2D eigenvalue weighted by Crippen LogP contribution is 2.18. The van der Waals surface area contributed by atoms with Crippen LogP contribution in [-0.2, 0) is 4.74 Å². The first-order valence-electron chi connectivity index (χ1n) is 3.40. The molecule has 1 saturated heterocycles. The second-order valence-corrected chi connectivity index (χ2v) is 2.81. The molecule has 1 heterocycles. The van der Waals surface area contributed by atoms with Crippen LogP contribution in [0.25, 0.3) is 0 Å². The molecule has 1 rings (SSSR count). The summed E-state index contributed by atoms with van der Waals surface area (Å²) in [7, 11) is 0. The maximum absolute atomic E-state index is 5.35. The molecule has 1 unspecified atom stereocenters. The van der Waals surface area contributed by atoms with Crippen LogP contribution in [-0.4, -0.2) is 12.7 Å². The zero-order chi connectivity index (χ0) is 5.98. The second kappa shape index (κ2) is 2.49. The van der Waals surface area contributed by atoms with Crippen LogP contribution in [0.15, 0.2) is 0 Å². The van der Waals surface area contributed by atoms with E-state index >= 15 is 0 Å². The maximum atomic E-state index is 5.35. The van der Waals surface area contributed by atoms with Gasteiger partial charge in [-0.15, -0.1) is 0 Å². The van der Waals surface area contributed by atoms with Crippen LogP contribution in [0.3, 0.4) is 0 Å². The van der Waals surface area contributed by atoms with Crippen LogP contribution in [0.4, 0.5) is 0 Å². The highest BCUT2D eigenvalue weighted by atomic mass is 16.5. The fourth-order valence-corrected chi connectivity index (χ4v) is 1.22. The Morgan fingerprint density at radius 3 is 2.50 bits per heavy atom. The molecule has 1 nitrogen and oxygen atoms in total. The summed E-state index contributed by atoms with van der Waals surface area (Å²) < 4.78 is 5.35. The molecule has 2 atom stereocenters. The highest BCUT2D eigenvalue weighted by Gasteiger charge is 2.13. The number of hydrogen-bond donors (Lipinski definition) is 0. The number of ether oxygens (including phenoxy) is 1. The van der Waals surface area contributed by atoms with Gasteiger partial charge in [-0.1, -0.05) is 6.92 Å². The number of rotatable bonds is 0. The SMILES string of the molecule is CC1C[C@@H](C)CCO1. The lowest BCUT2D eigenvalue weighted by Gasteiger charge is -2.23. The van der Waals surface area contributed by atoms with E-state index in [-0.39, 0.29) is 0 Å². The summed E-state index contributed by atoms with van der Waals surface area (Å²) in [6.45, 7) is 5.41. The Bertz CT molecular complexity index is 62.8. The molecule has 0 radical (unpaired) electrons. The average molecular weight is 114 g/mol. The molecule has 0 aromatic carbocycles. The van der Waals surface area contributed by atoms with E-state index < -0.39 is 0 Å². The minimum atomic E-state index is 0.513. The predicted molar refractivity (Wildman–Crippen MR) is 33.8 cm³/mol. The lowest BCUT2D eigenvalue weighted by Crippen LogP contribution is -2.20. The van der Waals surface area contributed by atoms with Crippen molar-refractivity contribution in [3.8, 4) is 0 Å². The molecule has 0 saturated carbocycles. The first-order valence-corrected chi connectivity index (χ1v) is 3.40. The first-order chi connectivity index (χ1) is 3.79. The van der Waals surface area contributed by atoms with Gasteiger partial charge in [0.25, 0.3) is 0 Å². The van der Waals surface area contributed by atoms with Crippen LogP contribution in [0.1, 0.15) is 26.7 Å². The van der Waals surface area contributed by atoms with E-state index in [1.165, 1.54) is 12.8 Å². The van der Waals surface area contributed by atoms with Crippen molar-refractivity contribution in [2.24, 2.45) is 5.92 Å². The Morgan fingerprint density at radius 1 is 1.38 bits per heavy atom. The molecule has 1 fully saturated rings. The molecule has 0 spiro atoms. The van der Waals surface area contributed by atoms with Gasteiger partial charge in [0.05, 0.1) is 6.10 Å². The lowest BCUT2D eigenvalue weighted by molar-refractivity contribution is 0.00682. The van der Waals surface area contributed by atoms with Crippen molar-refractivity contribution < 1.29 is 4.74 Å². The van der Waals surface area contributed by atoms with Gasteiger partial charge in [-0.25, -0.2) is 0 Å². The molecule has 0 bridgehead atoms. The van der Waals surface area contributed by atoms with E-state index in [4.69, 9.17) is 4.74 Å². The fourth-order valence-electron chi connectivity index (χ4n) is 1.22. The first kappa shape index (κ1) is 6.09. The van der Waals surface area contributed by atoms with Gasteiger partial charge < -0.3 is 4.74 Å². The molecule has 0 amide bonds. The normalized spacial score (nSPS) is 39.8. The Balaban J connectivity index is 2.23. The summed E-state index contributed by atoms with van der Waals surface area (Å²) in [6, 6.07) is 0. The zero-order valence-electron chi connectivity index (χ0n) is 5.68. The molecular weight excluding hydrogens is 100 g/mol. The largest absolute Gasteiger partial charge is 0.378 e. The lowest BCUT2D eigenvalue weighted by atomic mass is 9.99. The van der Waals surface area contributed by atoms with Crippen molar-refractivity contribution in [1.29, 1.82) is 0 Å². The Kier molecular flexibility index (Phi) is 1.90. The molecule has 0 aromatic rings. The molecule has 0 aliphatic carbocycles. The fraction of sp³-hybridized carbons (Fsp3) is 1.00. The molecule has 0 aromatic heterocycles. The number of hydrogen-bond acceptors (Lipinski definition) is 1. The van der Waals surface area contributed by atoms with Crippen LogP contribution in [0, 0.1) is 5.92 Å². The molecule has 48 valence electrons. The minimum Gasteiger partial charge on any atom is -0.378 e. The predicted octanol–water partition coefficient (Wildman–Crippen LogP) is 1.82. The van der Waals surface area contributed by atoms with Gasteiger partial charge in [0, 0.05) is 6.61 Å². The third-order valence-corrected chi connectivity index (χ3v) is 1.75. The third kappa shape index (κ3) is 1.48. The topological polar surface area (TPSA) is 9.23 Å². The van der Waals surface area contributed by atoms with Gasteiger partial charge >= 0.3 is 0 Å². The van der Waals surface area contributed by atoms with Crippen molar-refractivity contribution in [2.75, 3.05) is 6.61 Å². The van der Waals surface area contributed by atoms with Crippen LogP contribution in [0.2, 0.25) is 0 Å². The van der Waals surface area contributed by atoms with E-state index in [0.717, 1.165) is 12.5 Å². The third-order valence-electron chi connectivity index (χ3n) is 1.75. The van der Waals surface area contributed by atoms with E-state index in [2.05, 4.69) is 13.8 Å². The molecule has 1 aliphatic heterocycles. The van der Waals surface area contributed by atoms with Crippen LogP contribution >= 0.6 is 0 Å². The molecule has 1 aliphatic rings. The van der Waals surface area contributed by atoms with Crippen molar-refractivity contribution in [2.45, 2.75) is 32.8 Å². The summed E-state index contributed by atoms with van der Waals surface area (Å²) >= 11 is 0. The van der Waals surface area contributed by atoms with Gasteiger partial charge in [0.15, 0.2) is 0 Å². The summed E-state index contributed by atoms with van der Waals surface area (Å²) in [6.07, 6.45) is 3.02. The monoisotopic (exact) mass is 114 g/mol. The molecule has 1 heteroatoms. The van der Waals surface area contributed by atoms with Crippen molar-refractivity contribution in [3.05, 3.63) is 0 Å². The van der Waals surface area contributed by atoms with Gasteiger partial charge in [0.1, 0.15) is 0 Å². The smallest absolute Gasteiger partial charge is 0.0549 e. The van der Waals surface area contributed by atoms with Crippen molar-refractivity contribution in [1.82, 2.24) is 0 Å². The van der Waals surface area contributed by atoms with Gasteiger partial charge in [-0.2, -0.15) is 0 Å². The Hall–Kier alpha value is -0.0400.